The zero-order valence-corrected chi connectivity index (χ0v) is 17.2. The Hall–Kier alpha value is -2.00. The van der Waals surface area contributed by atoms with Gasteiger partial charge in [-0.1, -0.05) is 17.7 Å². The van der Waals surface area contributed by atoms with E-state index in [-0.39, 0.29) is 12.5 Å². The fraction of sp³-hybridized carbons (Fsp3) is 0.529. The normalized spacial score (nSPS) is 16.0. The van der Waals surface area contributed by atoms with Crippen LogP contribution in [0.1, 0.15) is 13.8 Å². The van der Waals surface area contributed by atoms with Gasteiger partial charge in [-0.05, 0) is 32.0 Å². The Morgan fingerprint density at radius 2 is 1.81 bits per heavy atom. The zero-order chi connectivity index (χ0) is 20.2. The van der Waals surface area contributed by atoms with E-state index in [0.29, 0.717) is 36.9 Å². The third-order valence-electron chi connectivity index (χ3n) is 4.25. The van der Waals surface area contributed by atoms with Crippen molar-refractivity contribution >= 4 is 39.3 Å². The van der Waals surface area contributed by atoms with Crippen molar-refractivity contribution in [3.8, 4) is 0 Å². The van der Waals surface area contributed by atoms with Crippen LogP contribution in [0.3, 0.4) is 0 Å². The summed E-state index contributed by atoms with van der Waals surface area (Å²) < 4.78 is 30.7. The molecule has 1 aromatic carbocycles. The summed E-state index contributed by atoms with van der Waals surface area (Å²) in [5, 5.41) is 0.379. The molecule has 1 aliphatic rings. The lowest BCUT2D eigenvalue weighted by molar-refractivity contribution is -0.133. The minimum atomic E-state index is -3.71. The number of rotatable bonds is 5. The van der Waals surface area contributed by atoms with Crippen LogP contribution in [-0.2, 0) is 19.6 Å². The molecule has 0 unspecified atom stereocenters. The van der Waals surface area contributed by atoms with Gasteiger partial charge in [-0.25, -0.2) is 13.2 Å². The highest BCUT2D eigenvalue weighted by molar-refractivity contribution is 7.92. The summed E-state index contributed by atoms with van der Waals surface area (Å²) in [4.78, 5) is 27.8. The second kappa shape index (κ2) is 8.79. The number of anilines is 1. The fourth-order valence-corrected chi connectivity index (χ4v) is 4.35. The molecule has 0 aromatic heterocycles. The van der Waals surface area contributed by atoms with Crippen LogP contribution in [0.25, 0.3) is 0 Å². The van der Waals surface area contributed by atoms with Gasteiger partial charge in [-0.3, -0.25) is 9.10 Å². The van der Waals surface area contributed by atoms with Crippen LogP contribution in [0.15, 0.2) is 24.3 Å². The number of ether oxygens (including phenoxy) is 1. The number of hydrogen-bond acceptors (Lipinski definition) is 5. The first-order valence-electron chi connectivity index (χ1n) is 8.60. The molecule has 1 fully saturated rings. The molecule has 1 aliphatic heterocycles. The molecule has 1 saturated heterocycles. The molecule has 0 radical (unpaired) electrons. The van der Waals surface area contributed by atoms with Gasteiger partial charge in [0.2, 0.25) is 15.9 Å². The average Bonchev–Trinajstić information content (AvgIpc) is 2.60. The van der Waals surface area contributed by atoms with E-state index < -0.39 is 22.2 Å². The quantitative estimate of drug-likeness (QED) is 0.728. The number of sulfonamides is 1. The van der Waals surface area contributed by atoms with Crippen molar-refractivity contribution < 1.29 is 22.7 Å². The van der Waals surface area contributed by atoms with Gasteiger partial charge in [0, 0.05) is 31.2 Å². The Morgan fingerprint density at radius 1 is 1.22 bits per heavy atom. The summed E-state index contributed by atoms with van der Waals surface area (Å²) in [7, 11) is -3.71. The van der Waals surface area contributed by atoms with Crippen LogP contribution >= 0.6 is 11.6 Å². The summed E-state index contributed by atoms with van der Waals surface area (Å²) in [5.41, 5.74) is 0.330. The number of amides is 2. The maximum Gasteiger partial charge on any atom is 0.409 e. The van der Waals surface area contributed by atoms with Crippen molar-refractivity contribution in [3.63, 3.8) is 0 Å². The number of benzene rings is 1. The molecule has 0 spiro atoms. The Balaban J connectivity index is 2.13. The van der Waals surface area contributed by atoms with E-state index in [4.69, 9.17) is 16.3 Å². The molecule has 0 aliphatic carbocycles. The monoisotopic (exact) mass is 417 g/mol. The van der Waals surface area contributed by atoms with Crippen LogP contribution in [0.4, 0.5) is 10.5 Å². The van der Waals surface area contributed by atoms with E-state index >= 15 is 0 Å². The second-order valence-corrected chi connectivity index (χ2v) is 8.52. The highest BCUT2D eigenvalue weighted by Crippen LogP contribution is 2.25. The van der Waals surface area contributed by atoms with Crippen LogP contribution in [0, 0.1) is 0 Å². The van der Waals surface area contributed by atoms with Crippen molar-refractivity contribution in [2.45, 2.75) is 19.9 Å². The molecule has 2 amide bonds. The molecule has 27 heavy (non-hydrogen) atoms. The minimum Gasteiger partial charge on any atom is -0.450 e. The van der Waals surface area contributed by atoms with E-state index in [0.717, 1.165) is 10.6 Å². The number of hydrogen-bond donors (Lipinski definition) is 0. The largest absolute Gasteiger partial charge is 0.450 e. The summed E-state index contributed by atoms with van der Waals surface area (Å²) in [6.45, 7) is 4.87. The van der Waals surface area contributed by atoms with Gasteiger partial charge >= 0.3 is 6.09 Å². The summed E-state index contributed by atoms with van der Waals surface area (Å²) in [5.74, 6) is -0.330. The SMILES string of the molecule is CCOC(=O)N1CCN(C(=O)[C@@H](C)N(c2cccc(Cl)c2)S(C)(=O)=O)CC1. The molecule has 8 nitrogen and oxygen atoms in total. The molecule has 1 heterocycles. The van der Waals surface area contributed by atoms with Gasteiger partial charge < -0.3 is 14.5 Å². The van der Waals surface area contributed by atoms with Crippen LogP contribution in [0.5, 0.6) is 0 Å². The summed E-state index contributed by atoms with van der Waals surface area (Å²) in [6.07, 6.45) is 0.644. The Morgan fingerprint density at radius 3 is 2.33 bits per heavy atom. The molecule has 0 N–H and O–H groups in total. The number of nitrogens with zero attached hydrogens (tertiary/aromatic N) is 3. The summed E-state index contributed by atoms with van der Waals surface area (Å²) >= 11 is 5.98. The highest BCUT2D eigenvalue weighted by atomic mass is 35.5. The van der Waals surface area contributed by atoms with Gasteiger partial charge in [-0.15, -0.1) is 0 Å². The molecular formula is C17H24ClN3O5S. The van der Waals surface area contributed by atoms with Crippen molar-refractivity contribution in [1.29, 1.82) is 0 Å². The third-order valence-corrected chi connectivity index (χ3v) is 5.72. The average molecular weight is 418 g/mol. The van der Waals surface area contributed by atoms with Crippen molar-refractivity contribution in [2.75, 3.05) is 43.3 Å². The first kappa shape index (κ1) is 21.3. The maximum absolute atomic E-state index is 12.9. The lowest BCUT2D eigenvalue weighted by atomic mass is 10.2. The van der Waals surface area contributed by atoms with E-state index in [1.165, 1.54) is 11.0 Å². The van der Waals surface area contributed by atoms with Gasteiger partial charge in [-0.2, -0.15) is 0 Å². The first-order chi connectivity index (χ1) is 12.6. The van der Waals surface area contributed by atoms with Crippen molar-refractivity contribution in [1.82, 2.24) is 9.80 Å². The number of piperazine rings is 1. The second-order valence-electron chi connectivity index (χ2n) is 6.23. The predicted octanol–water partition coefficient (Wildman–Crippen LogP) is 1.80. The minimum absolute atomic E-state index is 0.290. The summed E-state index contributed by atoms with van der Waals surface area (Å²) in [6, 6.07) is 5.42. The lowest BCUT2D eigenvalue weighted by Gasteiger charge is -2.37. The number of halogens is 1. The highest BCUT2D eigenvalue weighted by Gasteiger charge is 2.34. The fourth-order valence-electron chi connectivity index (χ4n) is 3.00. The molecule has 2 rings (SSSR count). The zero-order valence-electron chi connectivity index (χ0n) is 15.6. The van der Waals surface area contributed by atoms with Gasteiger partial charge in [0.25, 0.3) is 0 Å². The molecule has 150 valence electrons. The lowest BCUT2D eigenvalue weighted by Crippen LogP contribution is -2.56. The third kappa shape index (κ3) is 5.26. The molecular weight excluding hydrogens is 394 g/mol. The van der Waals surface area contributed by atoms with Crippen LogP contribution in [-0.4, -0.2) is 75.3 Å². The maximum atomic E-state index is 12.9. The van der Waals surface area contributed by atoms with E-state index in [1.54, 1.807) is 36.9 Å². The van der Waals surface area contributed by atoms with Gasteiger partial charge in [0.15, 0.2) is 0 Å². The molecule has 10 heteroatoms. The Bertz CT molecular complexity index is 794. The first-order valence-corrected chi connectivity index (χ1v) is 10.8. The predicted molar refractivity (Wildman–Crippen MR) is 103 cm³/mol. The standard InChI is InChI=1S/C17H24ClN3O5S/c1-4-26-17(23)20-10-8-19(9-11-20)16(22)13(2)21(27(3,24)25)15-7-5-6-14(18)12-15/h5-7,12-13H,4,8-11H2,1-3H3/t13-/m1/s1. The number of carbonyl (C=O) groups is 2. The molecule has 1 aromatic rings. The molecule has 1 atom stereocenters. The number of carbonyl (C=O) groups excluding carboxylic acids is 2. The Kier molecular flexibility index (Phi) is 6.94. The van der Waals surface area contributed by atoms with Crippen LogP contribution in [0.2, 0.25) is 5.02 Å². The molecule has 0 bridgehead atoms. The smallest absolute Gasteiger partial charge is 0.409 e. The Labute approximate surface area is 164 Å². The van der Waals surface area contributed by atoms with Crippen LogP contribution < -0.4 is 4.31 Å². The van der Waals surface area contributed by atoms with Crippen molar-refractivity contribution in [3.05, 3.63) is 29.3 Å². The van der Waals surface area contributed by atoms with E-state index in [2.05, 4.69) is 0 Å². The van der Waals surface area contributed by atoms with E-state index in [1.807, 2.05) is 0 Å². The van der Waals surface area contributed by atoms with Gasteiger partial charge in [0.1, 0.15) is 6.04 Å². The topological polar surface area (TPSA) is 87.2 Å². The van der Waals surface area contributed by atoms with E-state index in [9.17, 15) is 18.0 Å². The van der Waals surface area contributed by atoms with Gasteiger partial charge in [0.05, 0.1) is 18.6 Å². The molecule has 0 saturated carbocycles. The van der Waals surface area contributed by atoms with Crippen molar-refractivity contribution in [2.24, 2.45) is 0 Å².